The van der Waals surface area contributed by atoms with Gasteiger partial charge >= 0.3 is 5.97 Å². The summed E-state index contributed by atoms with van der Waals surface area (Å²) in [6, 6.07) is 3.61. The number of para-hydroxylation sites is 1. The molecule has 0 aliphatic carbocycles. The number of carboxylic acid groups (broad SMARTS) is 1. The van der Waals surface area contributed by atoms with Crippen LogP contribution >= 0.6 is 11.8 Å². The van der Waals surface area contributed by atoms with Crippen molar-refractivity contribution in [2.75, 3.05) is 30.5 Å². The molecule has 5 nitrogen and oxygen atoms in total. The molecule has 1 aromatic rings. The Morgan fingerprint density at radius 2 is 2.21 bits per heavy atom. The molecule has 0 bridgehead atoms. The summed E-state index contributed by atoms with van der Waals surface area (Å²) < 4.78 is 18.3. The quantitative estimate of drug-likeness (QED) is 0.748. The first-order chi connectivity index (χ1) is 9.06. The highest BCUT2D eigenvalue weighted by Gasteiger charge is 2.16. The third-order valence-electron chi connectivity index (χ3n) is 2.17. The number of thioether (sulfide) groups is 1. The number of carbonyl (C=O) groups is 2. The number of anilines is 1. The summed E-state index contributed by atoms with van der Waals surface area (Å²) in [4.78, 5) is 22.5. The molecule has 0 saturated heterocycles. The third-order valence-corrected chi connectivity index (χ3v) is 3.10. The van der Waals surface area contributed by atoms with Crippen molar-refractivity contribution in [1.82, 2.24) is 0 Å². The fourth-order valence-corrected chi connectivity index (χ4v) is 2.00. The number of rotatable bonds is 7. The molecule has 0 aliphatic rings. The molecule has 0 heterocycles. The van der Waals surface area contributed by atoms with Gasteiger partial charge in [0.1, 0.15) is 5.82 Å². The van der Waals surface area contributed by atoms with Crippen molar-refractivity contribution >= 4 is 29.3 Å². The SMILES string of the molecule is COCCSCC(=O)Nc1c(F)cccc1C(=O)O. The van der Waals surface area contributed by atoms with Gasteiger partial charge in [-0.2, -0.15) is 0 Å². The number of hydrogen-bond donors (Lipinski definition) is 2. The minimum Gasteiger partial charge on any atom is -0.478 e. The van der Waals surface area contributed by atoms with Crippen LogP contribution in [0.4, 0.5) is 10.1 Å². The number of benzene rings is 1. The van der Waals surface area contributed by atoms with Crippen LogP contribution in [0.1, 0.15) is 10.4 Å². The Morgan fingerprint density at radius 1 is 1.47 bits per heavy atom. The van der Waals surface area contributed by atoms with Crippen LogP contribution in [0.5, 0.6) is 0 Å². The smallest absolute Gasteiger partial charge is 0.337 e. The maximum Gasteiger partial charge on any atom is 0.337 e. The molecule has 0 aromatic heterocycles. The Balaban J connectivity index is 2.66. The highest BCUT2D eigenvalue weighted by molar-refractivity contribution is 7.99. The fourth-order valence-electron chi connectivity index (χ4n) is 1.31. The zero-order valence-electron chi connectivity index (χ0n) is 10.3. The average Bonchev–Trinajstić information content (AvgIpc) is 2.37. The lowest BCUT2D eigenvalue weighted by atomic mass is 10.1. The molecule has 1 amide bonds. The van der Waals surface area contributed by atoms with Gasteiger partial charge in [0.05, 0.1) is 23.6 Å². The molecule has 0 atom stereocenters. The van der Waals surface area contributed by atoms with E-state index in [9.17, 15) is 14.0 Å². The number of nitrogens with one attached hydrogen (secondary N) is 1. The van der Waals surface area contributed by atoms with E-state index < -0.39 is 17.7 Å². The molecule has 1 rings (SSSR count). The van der Waals surface area contributed by atoms with E-state index in [-0.39, 0.29) is 17.0 Å². The predicted molar refractivity (Wildman–Crippen MR) is 71.2 cm³/mol. The molecule has 0 spiro atoms. The van der Waals surface area contributed by atoms with E-state index in [4.69, 9.17) is 9.84 Å². The van der Waals surface area contributed by atoms with Crippen molar-refractivity contribution in [3.8, 4) is 0 Å². The minimum absolute atomic E-state index is 0.108. The number of hydrogen-bond acceptors (Lipinski definition) is 4. The monoisotopic (exact) mass is 287 g/mol. The van der Waals surface area contributed by atoms with Crippen molar-refractivity contribution in [1.29, 1.82) is 0 Å². The molecule has 0 saturated carbocycles. The normalized spacial score (nSPS) is 10.2. The summed E-state index contributed by atoms with van der Waals surface area (Å²) in [6.07, 6.45) is 0. The summed E-state index contributed by atoms with van der Waals surface area (Å²) in [5.41, 5.74) is -0.567. The van der Waals surface area contributed by atoms with Gasteiger partial charge in [-0.15, -0.1) is 11.8 Å². The topological polar surface area (TPSA) is 75.6 Å². The summed E-state index contributed by atoms with van der Waals surface area (Å²) in [7, 11) is 1.55. The van der Waals surface area contributed by atoms with Gasteiger partial charge in [-0.05, 0) is 12.1 Å². The standard InChI is InChI=1S/C12H14FNO4S/c1-18-5-6-19-7-10(15)14-11-8(12(16)17)3-2-4-9(11)13/h2-4H,5-7H2,1H3,(H,14,15)(H,16,17). The van der Waals surface area contributed by atoms with E-state index in [1.54, 1.807) is 7.11 Å². The van der Waals surface area contributed by atoms with Crippen LogP contribution in [0, 0.1) is 5.82 Å². The molecule has 0 fully saturated rings. The van der Waals surface area contributed by atoms with Crippen LogP contribution in [0.2, 0.25) is 0 Å². The molecular formula is C12H14FNO4S. The van der Waals surface area contributed by atoms with Crippen molar-refractivity contribution in [3.63, 3.8) is 0 Å². The van der Waals surface area contributed by atoms with Crippen LogP contribution in [0.15, 0.2) is 18.2 Å². The number of amides is 1. The number of halogens is 1. The lowest BCUT2D eigenvalue weighted by Gasteiger charge is -2.09. The van der Waals surface area contributed by atoms with E-state index in [0.717, 1.165) is 6.07 Å². The van der Waals surface area contributed by atoms with Crippen molar-refractivity contribution in [2.24, 2.45) is 0 Å². The first kappa shape index (κ1) is 15.5. The number of carbonyl (C=O) groups excluding carboxylic acids is 1. The number of carboxylic acids is 1. The van der Waals surface area contributed by atoms with Crippen molar-refractivity contribution in [3.05, 3.63) is 29.6 Å². The first-order valence-electron chi connectivity index (χ1n) is 5.44. The van der Waals surface area contributed by atoms with Gasteiger partial charge in [0.2, 0.25) is 5.91 Å². The van der Waals surface area contributed by atoms with Gasteiger partial charge in [-0.1, -0.05) is 6.07 Å². The molecule has 19 heavy (non-hydrogen) atoms. The van der Waals surface area contributed by atoms with Crippen LogP contribution in [0.3, 0.4) is 0 Å². The van der Waals surface area contributed by atoms with Crippen molar-refractivity contribution < 1.29 is 23.8 Å². The van der Waals surface area contributed by atoms with Gasteiger partial charge in [-0.3, -0.25) is 4.79 Å². The molecule has 104 valence electrons. The first-order valence-corrected chi connectivity index (χ1v) is 6.60. The van der Waals surface area contributed by atoms with Crippen LogP contribution in [-0.4, -0.2) is 42.2 Å². The van der Waals surface area contributed by atoms with Gasteiger partial charge in [0.25, 0.3) is 0 Å². The van der Waals surface area contributed by atoms with Crippen molar-refractivity contribution in [2.45, 2.75) is 0 Å². The second kappa shape index (κ2) is 7.75. The summed E-state index contributed by atoms with van der Waals surface area (Å²) in [5, 5.41) is 11.2. The maximum absolute atomic E-state index is 13.5. The average molecular weight is 287 g/mol. The fraction of sp³-hybridized carbons (Fsp3) is 0.333. The minimum atomic E-state index is -1.29. The van der Waals surface area contributed by atoms with Crippen LogP contribution < -0.4 is 5.32 Å². The van der Waals surface area contributed by atoms with Gasteiger partial charge in [0, 0.05) is 12.9 Å². The van der Waals surface area contributed by atoms with Crippen LogP contribution in [0.25, 0.3) is 0 Å². The second-order valence-electron chi connectivity index (χ2n) is 3.56. The Labute approximate surface area is 114 Å². The van der Waals surface area contributed by atoms with Gasteiger partial charge in [-0.25, -0.2) is 9.18 Å². The van der Waals surface area contributed by atoms with Gasteiger partial charge in [0.15, 0.2) is 0 Å². The summed E-state index contributed by atoms with van der Waals surface area (Å²) in [5.74, 6) is -1.77. The highest BCUT2D eigenvalue weighted by atomic mass is 32.2. The maximum atomic E-state index is 13.5. The third kappa shape index (κ3) is 4.88. The molecule has 2 N–H and O–H groups in total. The lowest BCUT2D eigenvalue weighted by molar-refractivity contribution is -0.113. The molecule has 0 radical (unpaired) electrons. The second-order valence-corrected chi connectivity index (χ2v) is 4.67. The van der Waals surface area contributed by atoms with E-state index in [1.807, 2.05) is 0 Å². The number of aromatic carboxylic acids is 1. The highest BCUT2D eigenvalue weighted by Crippen LogP contribution is 2.20. The van der Waals surface area contributed by atoms with E-state index in [0.29, 0.717) is 12.4 Å². The molecule has 7 heteroatoms. The Morgan fingerprint density at radius 3 is 2.84 bits per heavy atom. The predicted octanol–water partition coefficient (Wildman–Crippen LogP) is 1.84. The molecule has 0 aliphatic heterocycles. The Kier molecular flexibility index (Phi) is 6.31. The molecule has 1 aromatic carbocycles. The number of methoxy groups -OCH3 is 1. The largest absolute Gasteiger partial charge is 0.478 e. The molecule has 0 unspecified atom stereocenters. The number of ether oxygens (including phenoxy) is 1. The summed E-state index contributed by atoms with van der Waals surface area (Å²) >= 11 is 1.32. The zero-order chi connectivity index (χ0) is 14.3. The van der Waals surface area contributed by atoms with E-state index in [1.165, 1.54) is 23.9 Å². The Hall–Kier alpha value is -1.60. The Bertz CT molecular complexity index is 467. The van der Waals surface area contributed by atoms with Crippen LogP contribution in [-0.2, 0) is 9.53 Å². The lowest BCUT2D eigenvalue weighted by Crippen LogP contribution is -2.18. The van der Waals surface area contributed by atoms with Gasteiger partial charge < -0.3 is 15.2 Å². The van der Waals surface area contributed by atoms with E-state index in [2.05, 4.69) is 5.32 Å². The van der Waals surface area contributed by atoms with E-state index >= 15 is 0 Å². The summed E-state index contributed by atoms with van der Waals surface area (Å²) in [6.45, 7) is 0.512. The zero-order valence-corrected chi connectivity index (χ0v) is 11.1. The molecular weight excluding hydrogens is 273 g/mol.